The molecule has 6 nitrogen and oxygen atoms in total. The van der Waals surface area contributed by atoms with Gasteiger partial charge in [-0.25, -0.2) is 22.0 Å². The van der Waals surface area contributed by atoms with Gasteiger partial charge in [0.05, 0.1) is 11.5 Å². The van der Waals surface area contributed by atoms with Crippen LogP contribution >= 0.6 is 0 Å². The molecule has 1 aromatic rings. The SMILES string of the molecule is CN(C(=O)COC(=O)c1c(F)cccc1F)[C@H]1CCS(=O)(=O)C1. The van der Waals surface area contributed by atoms with Crippen molar-refractivity contribution in [3.8, 4) is 0 Å². The van der Waals surface area contributed by atoms with Crippen LogP contribution in [0.5, 0.6) is 0 Å². The van der Waals surface area contributed by atoms with E-state index in [1.807, 2.05) is 0 Å². The highest BCUT2D eigenvalue weighted by Crippen LogP contribution is 2.17. The van der Waals surface area contributed by atoms with Crippen molar-refractivity contribution in [3.63, 3.8) is 0 Å². The first kappa shape index (κ1) is 17.3. The summed E-state index contributed by atoms with van der Waals surface area (Å²) in [4.78, 5) is 24.8. The second kappa shape index (κ2) is 6.61. The number of nitrogens with zero attached hydrogens (tertiary/aromatic N) is 1. The molecule has 0 bridgehead atoms. The summed E-state index contributed by atoms with van der Waals surface area (Å²) in [6, 6.07) is 2.41. The highest BCUT2D eigenvalue weighted by atomic mass is 32.2. The predicted octanol–water partition coefficient (Wildman–Crippen LogP) is 0.767. The third-order valence-electron chi connectivity index (χ3n) is 3.64. The maximum atomic E-state index is 13.4. The molecule has 0 unspecified atom stereocenters. The number of benzene rings is 1. The summed E-state index contributed by atoms with van der Waals surface area (Å²) in [5, 5.41) is 0. The first-order valence-electron chi connectivity index (χ1n) is 6.78. The van der Waals surface area contributed by atoms with Gasteiger partial charge in [0.25, 0.3) is 5.91 Å². The molecular formula is C14H15F2NO5S. The molecule has 1 saturated heterocycles. The van der Waals surface area contributed by atoms with Gasteiger partial charge in [-0.15, -0.1) is 0 Å². The molecule has 1 amide bonds. The number of halogens is 2. The molecule has 23 heavy (non-hydrogen) atoms. The monoisotopic (exact) mass is 347 g/mol. The number of rotatable bonds is 4. The van der Waals surface area contributed by atoms with Gasteiger partial charge < -0.3 is 9.64 Å². The maximum absolute atomic E-state index is 13.4. The molecule has 1 aliphatic heterocycles. The first-order valence-corrected chi connectivity index (χ1v) is 8.60. The Morgan fingerprint density at radius 3 is 2.43 bits per heavy atom. The summed E-state index contributed by atoms with van der Waals surface area (Å²) < 4.78 is 54.2. The quantitative estimate of drug-likeness (QED) is 0.752. The fraction of sp³-hybridized carbons (Fsp3) is 0.429. The van der Waals surface area contributed by atoms with E-state index in [1.165, 1.54) is 11.9 Å². The minimum Gasteiger partial charge on any atom is -0.452 e. The Bertz CT molecular complexity index is 714. The number of hydrogen-bond donors (Lipinski definition) is 0. The van der Waals surface area contributed by atoms with Gasteiger partial charge >= 0.3 is 5.97 Å². The van der Waals surface area contributed by atoms with Crippen LogP contribution in [0, 0.1) is 11.6 Å². The Hall–Kier alpha value is -2.03. The number of carbonyl (C=O) groups excluding carboxylic acids is 2. The third kappa shape index (κ3) is 4.04. The molecule has 9 heteroatoms. The maximum Gasteiger partial charge on any atom is 0.344 e. The Labute approximate surface area is 131 Å². The van der Waals surface area contributed by atoms with Crippen LogP contribution in [0.4, 0.5) is 8.78 Å². The second-order valence-corrected chi connectivity index (χ2v) is 7.46. The van der Waals surface area contributed by atoms with Crippen molar-refractivity contribution < 1.29 is 31.5 Å². The summed E-state index contributed by atoms with van der Waals surface area (Å²) in [6.45, 7) is -0.723. The number of esters is 1. The van der Waals surface area contributed by atoms with E-state index in [0.29, 0.717) is 6.42 Å². The Balaban J connectivity index is 1.95. The summed E-state index contributed by atoms with van der Waals surface area (Å²) >= 11 is 0. The van der Waals surface area contributed by atoms with Gasteiger partial charge in [-0.2, -0.15) is 0 Å². The second-order valence-electron chi connectivity index (χ2n) is 5.23. The normalized spacial score (nSPS) is 19.3. The Morgan fingerprint density at radius 1 is 1.30 bits per heavy atom. The summed E-state index contributed by atoms with van der Waals surface area (Å²) in [5.74, 6) is -4.25. The van der Waals surface area contributed by atoms with Crippen molar-refractivity contribution >= 4 is 21.7 Å². The van der Waals surface area contributed by atoms with Gasteiger partial charge in [0.15, 0.2) is 16.4 Å². The standard InChI is InChI=1S/C14H15F2NO5S/c1-17(9-5-6-23(20,21)8-9)12(18)7-22-14(19)13-10(15)3-2-4-11(13)16/h2-4,9H,5-8H2,1H3/t9-/m0/s1. The topological polar surface area (TPSA) is 80.8 Å². The smallest absolute Gasteiger partial charge is 0.344 e. The lowest BCUT2D eigenvalue weighted by molar-refractivity contribution is -0.134. The molecule has 0 aliphatic carbocycles. The van der Waals surface area contributed by atoms with Crippen molar-refractivity contribution in [1.82, 2.24) is 4.90 Å². The lowest BCUT2D eigenvalue weighted by Gasteiger charge is -2.23. The van der Waals surface area contributed by atoms with E-state index in [1.54, 1.807) is 0 Å². The van der Waals surface area contributed by atoms with Gasteiger partial charge in [-0.3, -0.25) is 4.79 Å². The van der Waals surface area contributed by atoms with Crippen LogP contribution in [-0.2, 0) is 19.4 Å². The van der Waals surface area contributed by atoms with Gasteiger partial charge in [0, 0.05) is 13.1 Å². The number of hydrogen-bond acceptors (Lipinski definition) is 5. The molecule has 1 atom stereocenters. The van der Waals surface area contributed by atoms with Crippen LogP contribution in [0.3, 0.4) is 0 Å². The predicted molar refractivity (Wildman–Crippen MR) is 76.5 cm³/mol. The van der Waals surface area contributed by atoms with E-state index in [2.05, 4.69) is 4.74 Å². The van der Waals surface area contributed by atoms with Gasteiger partial charge in [-0.05, 0) is 18.6 Å². The molecule has 0 spiro atoms. The van der Waals surface area contributed by atoms with Crippen LogP contribution in [0.2, 0.25) is 0 Å². The molecule has 1 aromatic carbocycles. The van der Waals surface area contributed by atoms with E-state index in [-0.39, 0.29) is 11.5 Å². The summed E-state index contributed by atoms with van der Waals surface area (Å²) in [6.07, 6.45) is 0.306. The molecule has 2 rings (SSSR count). The lowest BCUT2D eigenvalue weighted by atomic mass is 10.2. The zero-order chi connectivity index (χ0) is 17.2. The number of likely N-dealkylation sites (N-methyl/N-ethyl adjacent to an activating group) is 1. The van der Waals surface area contributed by atoms with E-state index in [0.717, 1.165) is 18.2 Å². The van der Waals surface area contributed by atoms with Crippen LogP contribution < -0.4 is 0 Å². The molecular weight excluding hydrogens is 332 g/mol. The van der Waals surface area contributed by atoms with E-state index >= 15 is 0 Å². The Morgan fingerprint density at radius 2 is 1.91 bits per heavy atom. The molecule has 0 saturated carbocycles. The number of sulfone groups is 1. The van der Waals surface area contributed by atoms with Crippen molar-refractivity contribution in [2.24, 2.45) is 0 Å². The van der Waals surface area contributed by atoms with Crippen LogP contribution in [0.15, 0.2) is 18.2 Å². The van der Waals surface area contributed by atoms with Gasteiger partial charge in [0.2, 0.25) is 0 Å². The molecule has 1 aliphatic rings. The van der Waals surface area contributed by atoms with Gasteiger partial charge in [0.1, 0.15) is 17.2 Å². The molecule has 126 valence electrons. The molecule has 1 heterocycles. The summed E-state index contributed by atoms with van der Waals surface area (Å²) in [5.41, 5.74) is -0.869. The van der Waals surface area contributed by atoms with Gasteiger partial charge in [-0.1, -0.05) is 6.07 Å². The van der Waals surface area contributed by atoms with Crippen molar-refractivity contribution in [1.29, 1.82) is 0 Å². The third-order valence-corrected chi connectivity index (χ3v) is 5.39. The van der Waals surface area contributed by atoms with E-state index in [9.17, 15) is 26.8 Å². The van der Waals surface area contributed by atoms with E-state index in [4.69, 9.17) is 0 Å². The zero-order valence-electron chi connectivity index (χ0n) is 12.3. The molecule has 0 radical (unpaired) electrons. The molecule has 1 fully saturated rings. The largest absolute Gasteiger partial charge is 0.452 e. The van der Waals surface area contributed by atoms with Crippen molar-refractivity contribution in [2.75, 3.05) is 25.2 Å². The Kier molecular flexibility index (Phi) is 4.98. The summed E-state index contributed by atoms with van der Waals surface area (Å²) in [7, 11) is -1.77. The van der Waals surface area contributed by atoms with Crippen LogP contribution in [-0.4, -0.2) is 56.4 Å². The lowest BCUT2D eigenvalue weighted by Crippen LogP contribution is -2.40. The van der Waals surface area contributed by atoms with Crippen molar-refractivity contribution in [2.45, 2.75) is 12.5 Å². The average Bonchev–Trinajstić information content (AvgIpc) is 2.84. The van der Waals surface area contributed by atoms with Crippen molar-refractivity contribution in [3.05, 3.63) is 35.4 Å². The first-order chi connectivity index (χ1) is 10.7. The minimum absolute atomic E-state index is 0.00445. The minimum atomic E-state index is -3.16. The average molecular weight is 347 g/mol. The van der Waals surface area contributed by atoms with Crippen LogP contribution in [0.1, 0.15) is 16.8 Å². The highest BCUT2D eigenvalue weighted by Gasteiger charge is 2.33. The van der Waals surface area contributed by atoms with E-state index < -0.39 is 51.6 Å². The molecule has 0 N–H and O–H groups in total. The highest BCUT2D eigenvalue weighted by molar-refractivity contribution is 7.91. The zero-order valence-corrected chi connectivity index (χ0v) is 13.1. The number of carbonyl (C=O) groups is 2. The molecule has 0 aromatic heterocycles. The number of amides is 1. The fourth-order valence-corrected chi connectivity index (χ4v) is 4.05. The van der Waals surface area contributed by atoms with Crippen LogP contribution in [0.25, 0.3) is 0 Å². The number of ether oxygens (including phenoxy) is 1. The fourth-order valence-electron chi connectivity index (χ4n) is 2.28.